The number of carbonyl (C=O) groups excluding carboxylic acids is 1. The summed E-state index contributed by atoms with van der Waals surface area (Å²) in [7, 11) is 0. The first-order valence-corrected chi connectivity index (χ1v) is 7.74. The molecule has 0 bridgehead atoms. The lowest BCUT2D eigenvalue weighted by Gasteiger charge is -2.25. The van der Waals surface area contributed by atoms with Crippen LogP contribution in [0.15, 0.2) is 60.7 Å². The van der Waals surface area contributed by atoms with Gasteiger partial charge in [-0.05, 0) is 30.0 Å². The molecule has 0 aliphatic carbocycles. The van der Waals surface area contributed by atoms with Crippen molar-refractivity contribution in [3.05, 3.63) is 77.4 Å². The molecule has 2 rings (SSSR count). The summed E-state index contributed by atoms with van der Waals surface area (Å²) in [6.07, 6.45) is 3.10. The van der Waals surface area contributed by atoms with Gasteiger partial charge in [0.05, 0.1) is 0 Å². The summed E-state index contributed by atoms with van der Waals surface area (Å²) < 4.78 is 5.40. The number of ether oxygens (including phenoxy) is 1. The van der Waals surface area contributed by atoms with Crippen LogP contribution in [0.1, 0.15) is 43.4 Å². The van der Waals surface area contributed by atoms with Crippen molar-refractivity contribution in [2.75, 3.05) is 0 Å². The number of carbonyl (C=O) groups is 1. The van der Waals surface area contributed by atoms with Gasteiger partial charge in [0, 0.05) is 11.6 Å². The third kappa shape index (κ3) is 4.80. The molecule has 0 aromatic heterocycles. The van der Waals surface area contributed by atoms with E-state index in [9.17, 15) is 4.79 Å². The fourth-order valence-corrected chi connectivity index (χ4v) is 2.23. The summed E-state index contributed by atoms with van der Waals surface area (Å²) in [5.74, 6) is -0.0174. The van der Waals surface area contributed by atoms with Crippen molar-refractivity contribution in [2.45, 2.75) is 32.4 Å². The summed E-state index contributed by atoms with van der Waals surface area (Å²) in [6, 6.07) is 17.4. The number of hydrogen-bond acceptors (Lipinski definition) is 3. The van der Waals surface area contributed by atoms with Crippen molar-refractivity contribution in [2.24, 2.45) is 5.73 Å². The van der Waals surface area contributed by atoms with Crippen molar-refractivity contribution in [1.29, 1.82) is 0 Å². The van der Waals surface area contributed by atoms with Crippen molar-refractivity contribution in [3.8, 4) is 0 Å². The van der Waals surface area contributed by atoms with E-state index >= 15 is 0 Å². The molecule has 0 saturated heterocycles. The molecule has 120 valence electrons. The SMILES string of the molecule is CC(C)c1ccc(C(C)(N)OC(=O)/C=C/c2ccccc2)cc1. The van der Waals surface area contributed by atoms with Crippen molar-refractivity contribution < 1.29 is 9.53 Å². The highest BCUT2D eigenvalue weighted by molar-refractivity contribution is 5.87. The van der Waals surface area contributed by atoms with E-state index < -0.39 is 11.7 Å². The summed E-state index contributed by atoms with van der Waals surface area (Å²) in [6.45, 7) is 5.95. The topological polar surface area (TPSA) is 52.3 Å². The molecule has 2 aromatic rings. The molecule has 0 radical (unpaired) electrons. The van der Waals surface area contributed by atoms with Crippen molar-refractivity contribution >= 4 is 12.0 Å². The molecule has 0 spiro atoms. The quantitative estimate of drug-likeness (QED) is 0.511. The third-order valence-electron chi connectivity index (χ3n) is 3.67. The largest absolute Gasteiger partial charge is 0.437 e. The lowest BCUT2D eigenvalue weighted by molar-refractivity contribution is -0.152. The van der Waals surface area contributed by atoms with Gasteiger partial charge in [0.2, 0.25) is 0 Å². The van der Waals surface area contributed by atoms with E-state index in [0.717, 1.165) is 11.1 Å². The van der Waals surface area contributed by atoms with Gasteiger partial charge in [-0.2, -0.15) is 0 Å². The predicted molar refractivity (Wildman–Crippen MR) is 93.6 cm³/mol. The maximum Gasteiger partial charge on any atom is 0.332 e. The third-order valence-corrected chi connectivity index (χ3v) is 3.67. The standard InChI is InChI=1S/C20H23NO2/c1-15(2)17-10-12-18(13-11-17)20(3,21)23-19(22)14-9-16-7-5-4-6-8-16/h4-15H,21H2,1-3H3/b14-9+. The molecular weight excluding hydrogens is 286 g/mol. The van der Waals surface area contributed by atoms with E-state index in [-0.39, 0.29) is 0 Å². The molecule has 23 heavy (non-hydrogen) atoms. The fourth-order valence-electron chi connectivity index (χ4n) is 2.23. The average Bonchev–Trinajstić information content (AvgIpc) is 2.53. The Morgan fingerprint density at radius 3 is 2.26 bits per heavy atom. The van der Waals surface area contributed by atoms with Crippen LogP contribution in [0, 0.1) is 0 Å². The summed E-state index contributed by atoms with van der Waals surface area (Å²) in [5, 5.41) is 0. The van der Waals surface area contributed by atoms with Gasteiger partial charge in [-0.15, -0.1) is 0 Å². The Balaban J connectivity index is 2.05. The highest BCUT2D eigenvalue weighted by atomic mass is 16.6. The van der Waals surface area contributed by atoms with Crippen LogP contribution in [0.5, 0.6) is 0 Å². The first-order chi connectivity index (χ1) is 10.9. The van der Waals surface area contributed by atoms with E-state index in [1.54, 1.807) is 13.0 Å². The van der Waals surface area contributed by atoms with Gasteiger partial charge in [-0.3, -0.25) is 5.73 Å². The smallest absolute Gasteiger partial charge is 0.332 e. The monoisotopic (exact) mass is 309 g/mol. The van der Waals surface area contributed by atoms with Gasteiger partial charge < -0.3 is 4.74 Å². The molecule has 0 amide bonds. The van der Waals surface area contributed by atoms with Crippen LogP contribution in [0.2, 0.25) is 0 Å². The maximum atomic E-state index is 12.0. The van der Waals surface area contributed by atoms with E-state index in [2.05, 4.69) is 13.8 Å². The Hall–Kier alpha value is -2.39. The van der Waals surface area contributed by atoms with Crippen LogP contribution in [0.25, 0.3) is 6.08 Å². The molecule has 0 heterocycles. The molecule has 2 N–H and O–H groups in total. The summed E-state index contributed by atoms with van der Waals surface area (Å²) >= 11 is 0. The molecule has 3 heteroatoms. The average molecular weight is 309 g/mol. The van der Waals surface area contributed by atoms with Gasteiger partial charge >= 0.3 is 5.97 Å². The number of rotatable bonds is 5. The Morgan fingerprint density at radius 1 is 1.09 bits per heavy atom. The minimum Gasteiger partial charge on any atom is -0.437 e. The fraction of sp³-hybridized carbons (Fsp3) is 0.250. The van der Waals surface area contributed by atoms with Crippen LogP contribution in [0.4, 0.5) is 0 Å². The highest BCUT2D eigenvalue weighted by Crippen LogP contribution is 2.22. The van der Waals surface area contributed by atoms with Crippen molar-refractivity contribution in [3.63, 3.8) is 0 Å². The molecule has 1 atom stereocenters. The number of hydrogen-bond donors (Lipinski definition) is 1. The Bertz CT molecular complexity index is 671. The van der Waals surface area contributed by atoms with E-state index in [1.807, 2.05) is 54.6 Å². The zero-order valence-electron chi connectivity index (χ0n) is 13.8. The molecule has 0 saturated carbocycles. The molecule has 0 fully saturated rings. The molecule has 0 aliphatic rings. The van der Waals surface area contributed by atoms with Crippen molar-refractivity contribution in [1.82, 2.24) is 0 Å². The number of nitrogens with two attached hydrogens (primary N) is 1. The van der Waals surface area contributed by atoms with Gasteiger partial charge in [-0.1, -0.05) is 68.4 Å². The number of esters is 1. The molecular formula is C20H23NO2. The lowest BCUT2D eigenvalue weighted by Crippen LogP contribution is -2.38. The Kier molecular flexibility index (Phi) is 5.35. The van der Waals surface area contributed by atoms with Gasteiger partial charge in [-0.25, -0.2) is 4.79 Å². The van der Waals surface area contributed by atoms with E-state index in [4.69, 9.17) is 10.5 Å². The van der Waals surface area contributed by atoms with Gasteiger partial charge in [0.15, 0.2) is 5.72 Å². The molecule has 3 nitrogen and oxygen atoms in total. The summed E-state index contributed by atoms with van der Waals surface area (Å²) in [4.78, 5) is 12.0. The van der Waals surface area contributed by atoms with Gasteiger partial charge in [0.1, 0.15) is 0 Å². The maximum absolute atomic E-state index is 12.0. The van der Waals surface area contributed by atoms with Gasteiger partial charge in [0.25, 0.3) is 0 Å². The Labute approximate surface area is 137 Å². The molecule has 2 aromatic carbocycles. The first-order valence-electron chi connectivity index (χ1n) is 7.74. The van der Waals surface area contributed by atoms with E-state index in [0.29, 0.717) is 5.92 Å². The summed E-state index contributed by atoms with van der Waals surface area (Å²) in [5.41, 5.74) is 7.92. The van der Waals surface area contributed by atoms with Crippen LogP contribution < -0.4 is 5.73 Å². The second-order valence-electron chi connectivity index (χ2n) is 6.05. The lowest BCUT2D eigenvalue weighted by atomic mass is 9.98. The second kappa shape index (κ2) is 7.25. The minimum absolute atomic E-state index is 0.449. The molecule has 0 aliphatic heterocycles. The van der Waals surface area contributed by atoms with Crippen LogP contribution >= 0.6 is 0 Å². The normalized spacial score (nSPS) is 14.0. The zero-order valence-corrected chi connectivity index (χ0v) is 13.8. The van der Waals surface area contributed by atoms with Crippen LogP contribution in [-0.4, -0.2) is 5.97 Å². The molecule has 1 unspecified atom stereocenters. The minimum atomic E-state index is -1.16. The van der Waals surface area contributed by atoms with Crippen LogP contribution in [-0.2, 0) is 15.3 Å². The van der Waals surface area contributed by atoms with Crippen LogP contribution in [0.3, 0.4) is 0 Å². The predicted octanol–water partition coefficient (Wildman–Crippen LogP) is 4.20. The second-order valence-corrected chi connectivity index (χ2v) is 6.05. The van der Waals surface area contributed by atoms with E-state index in [1.165, 1.54) is 11.6 Å². The number of benzene rings is 2. The highest BCUT2D eigenvalue weighted by Gasteiger charge is 2.25. The first kappa shape index (κ1) is 17.0. The Morgan fingerprint density at radius 2 is 1.70 bits per heavy atom. The zero-order chi connectivity index (χ0) is 16.9.